The Bertz CT molecular complexity index is 266. The van der Waals surface area contributed by atoms with Gasteiger partial charge in [-0.15, -0.1) is 0 Å². The van der Waals surface area contributed by atoms with Gasteiger partial charge in [-0.3, -0.25) is 0 Å². The van der Waals surface area contributed by atoms with Crippen LogP contribution < -0.4 is 16.0 Å². The summed E-state index contributed by atoms with van der Waals surface area (Å²) in [7, 11) is 1.61. The lowest BCUT2D eigenvalue weighted by Crippen LogP contribution is -2.45. The van der Waals surface area contributed by atoms with E-state index in [4.69, 9.17) is 4.74 Å². The zero-order valence-corrected chi connectivity index (χ0v) is 13.1. The summed E-state index contributed by atoms with van der Waals surface area (Å²) >= 11 is 0. The normalized spacial score (nSPS) is 17.4. The second kappa shape index (κ2) is 9.96. The second-order valence-electron chi connectivity index (χ2n) is 5.56. The number of carbonyl (C=O) groups excluding carboxylic acids is 1. The Morgan fingerprint density at radius 2 is 2.00 bits per heavy atom. The molecule has 0 radical (unpaired) electrons. The van der Waals surface area contributed by atoms with Crippen LogP contribution in [0.1, 0.15) is 26.7 Å². The number of nitrogens with zero attached hydrogens (tertiary/aromatic N) is 1. The summed E-state index contributed by atoms with van der Waals surface area (Å²) in [4.78, 5) is 13.4. The number of carbonyl (C=O) groups is 1. The standard InChI is InChI=1S/C14H30N4O2/c1-12(2)17-13-4-7-18(8-5-13)9-11-20-10-6-16-14(19)15-3/h12-13,17H,4-11H2,1-3H3,(H2,15,16,19). The van der Waals surface area contributed by atoms with E-state index in [1.165, 1.54) is 12.8 Å². The first-order valence-corrected chi connectivity index (χ1v) is 7.63. The van der Waals surface area contributed by atoms with Crippen LogP contribution >= 0.6 is 0 Å². The minimum Gasteiger partial charge on any atom is -0.378 e. The van der Waals surface area contributed by atoms with Crippen molar-refractivity contribution in [2.24, 2.45) is 0 Å². The number of ether oxygens (including phenoxy) is 1. The molecule has 1 fully saturated rings. The summed E-state index contributed by atoms with van der Waals surface area (Å²) in [5.41, 5.74) is 0. The summed E-state index contributed by atoms with van der Waals surface area (Å²) in [6.07, 6.45) is 2.44. The van der Waals surface area contributed by atoms with Gasteiger partial charge in [0.2, 0.25) is 0 Å². The molecule has 0 unspecified atom stereocenters. The van der Waals surface area contributed by atoms with Gasteiger partial charge in [0.25, 0.3) is 0 Å². The fourth-order valence-corrected chi connectivity index (χ4v) is 2.42. The predicted molar refractivity (Wildman–Crippen MR) is 81.0 cm³/mol. The zero-order valence-electron chi connectivity index (χ0n) is 13.1. The molecule has 118 valence electrons. The van der Waals surface area contributed by atoms with Crippen LogP contribution in [-0.4, -0.2) is 69.5 Å². The lowest BCUT2D eigenvalue weighted by molar-refractivity contribution is 0.0932. The van der Waals surface area contributed by atoms with Gasteiger partial charge in [0.1, 0.15) is 0 Å². The minimum atomic E-state index is -0.159. The van der Waals surface area contributed by atoms with Gasteiger partial charge in [0.15, 0.2) is 0 Å². The van der Waals surface area contributed by atoms with Crippen molar-refractivity contribution in [3.05, 3.63) is 0 Å². The van der Waals surface area contributed by atoms with Gasteiger partial charge >= 0.3 is 6.03 Å². The van der Waals surface area contributed by atoms with Crippen LogP contribution in [0.4, 0.5) is 4.79 Å². The van der Waals surface area contributed by atoms with Crippen LogP contribution in [0.5, 0.6) is 0 Å². The van der Waals surface area contributed by atoms with Crippen molar-refractivity contribution in [2.45, 2.75) is 38.8 Å². The molecule has 0 spiro atoms. The highest BCUT2D eigenvalue weighted by Crippen LogP contribution is 2.10. The Kier molecular flexibility index (Phi) is 8.57. The molecule has 1 aliphatic heterocycles. The molecule has 2 amide bonds. The van der Waals surface area contributed by atoms with Crippen LogP contribution in [0, 0.1) is 0 Å². The van der Waals surface area contributed by atoms with Crippen molar-refractivity contribution in [1.29, 1.82) is 0 Å². The summed E-state index contributed by atoms with van der Waals surface area (Å²) in [6, 6.07) is 1.08. The minimum absolute atomic E-state index is 0.159. The summed E-state index contributed by atoms with van der Waals surface area (Å²) in [5, 5.41) is 8.80. The average molecular weight is 286 g/mol. The van der Waals surface area contributed by atoms with E-state index in [9.17, 15) is 4.79 Å². The predicted octanol–water partition coefficient (Wildman–Crippen LogP) is 0.394. The topological polar surface area (TPSA) is 65.6 Å². The van der Waals surface area contributed by atoms with Gasteiger partial charge in [0, 0.05) is 32.2 Å². The van der Waals surface area contributed by atoms with Gasteiger partial charge in [-0.25, -0.2) is 4.79 Å². The molecule has 1 saturated heterocycles. The molecule has 0 bridgehead atoms. The van der Waals surface area contributed by atoms with E-state index in [1.807, 2.05) is 0 Å². The number of likely N-dealkylation sites (tertiary alicyclic amines) is 1. The smallest absolute Gasteiger partial charge is 0.314 e. The molecular formula is C14H30N4O2. The maximum atomic E-state index is 10.9. The van der Waals surface area contributed by atoms with Crippen molar-refractivity contribution in [1.82, 2.24) is 20.9 Å². The second-order valence-corrected chi connectivity index (χ2v) is 5.56. The molecule has 0 aromatic rings. The first-order chi connectivity index (χ1) is 9.61. The van der Waals surface area contributed by atoms with E-state index >= 15 is 0 Å². The Hall–Kier alpha value is -0.850. The third-order valence-corrected chi connectivity index (χ3v) is 3.47. The van der Waals surface area contributed by atoms with Gasteiger partial charge < -0.3 is 25.6 Å². The third-order valence-electron chi connectivity index (χ3n) is 3.47. The Morgan fingerprint density at radius 1 is 1.30 bits per heavy atom. The molecule has 3 N–H and O–H groups in total. The van der Waals surface area contributed by atoms with Crippen molar-refractivity contribution >= 4 is 6.03 Å². The number of rotatable bonds is 8. The van der Waals surface area contributed by atoms with Crippen molar-refractivity contribution < 1.29 is 9.53 Å². The van der Waals surface area contributed by atoms with Crippen LogP contribution in [0.2, 0.25) is 0 Å². The number of amides is 2. The SMILES string of the molecule is CNC(=O)NCCOCCN1CCC(NC(C)C)CC1. The maximum Gasteiger partial charge on any atom is 0.314 e. The van der Waals surface area contributed by atoms with E-state index < -0.39 is 0 Å². The van der Waals surface area contributed by atoms with Crippen LogP contribution in [0.25, 0.3) is 0 Å². The molecule has 0 aromatic carbocycles. The van der Waals surface area contributed by atoms with Gasteiger partial charge in [-0.2, -0.15) is 0 Å². The largest absolute Gasteiger partial charge is 0.378 e. The van der Waals surface area contributed by atoms with Crippen molar-refractivity contribution in [3.63, 3.8) is 0 Å². The summed E-state index contributed by atoms with van der Waals surface area (Å²) in [6.45, 7) is 9.53. The van der Waals surface area contributed by atoms with Gasteiger partial charge in [-0.05, 0) is 25.9 Å². The first-order valence-electron chi connectivity index (χ1n) is 7.63. The highest BCUT2D eigenvalue weighted by molar-refractivity contribution is 5.73. The average Bonchev–Trinajstić information content (AvgIpc) is 2.43. The van der Waals surface area contributed by atoms with Crippen molar-refractivity contribution in [3.8, 4) is 0 Å². The van der Waals surface area contributed by atoms with E-state index in [2.05, 4.69) is 34.7 Å². The van der Waals surface area contributed by atoms with Gasteiger partial charge in [-0.1, -0.05) is 13.8 Å². The van der Waals surface area contributed by atoms with Crippen LogP contribution in [0.15, 0.2) is 0 Å². The molecule has 0 aliphatic carbocycles. The molecule has 1 heterocycles. The molecule has 0 saturated carbocycles. The zero-order chi connectivity index (χ0) is 14.8. The van der Waals surface area contributed by atoms with Crippen LogP contribution in [-0.2, 0) is 4.74 Å². The molecule has 1 aliphatic rings. The number of hydrogen-bond acceptors (Lipinski definition) is 4. The molecular weight excluding hydrogens is 256 g/mol. The van der Waals surface area contributed by atoms with Crippen LogP contribution in [0.3, 0.4) is 0 Å². The Morgan fingerprint density at radius 3 is 2.60 bits per heavy atom. The molecule has 20 heavy (non-hydrogen) atoms. The number of hydrogen-bond donors (Lipinski definition) is 3. The fourth-order valence-electron chi connectivity index (χ4n) is 2.42. The highest BCUT2D eigenvalue weighted by Gasteiger charge is 2.18. The summed E-state index contributed by atoms with van der Waals surface area (Å²) < 4.78 is 5.52. The van der Waals surface area contributed by atoms with E-state index in [1.54, 1.807) is 7.05 Å². The summed E-state index contributed by atoms with van der Waals surface area (Å²) in [5.74, 6) is 0. The Labute approximate surface area is 122 Å². The fraction of sp³-hybridized carbons (Fsp3) is 0.929. The van der Waals surface area contributed by atoms with E-state index in [0.717, 1.165) is 26.2 Å². The molecule has 6 heteroatoms. The molecule has 6 nitrogen and oxygen atoms in total. The molecule has 0 aromatic heterocycles. The highest BCUT2D eigenvalue weighted by atomic mass is 16.5. The molecule has 1 rings (SSSR count). The number of nitrogens with one attached hydrogen (secondary N) is 3. The monoisotopic (exact) mass is 286 g/mol. The first kappa shape index (κ1) is 17.2. The third kappa shape index (κ3) is 7.67. The Balaban J connectivity index is 1.95. The van der Waals surface area contributed by atoms with Crippen molar-refractivity contribution in [2.75, 3.05) is 46.4 Å². The lowest BCUT2D eigenvalue weighted by atomic mass is 10.0. The number of piperidine rings is 1. The van der Waals surface area contributed by atoms with E-state index in [-0.39, 0.29) is 6.03 Å². The maximum absolute atomic E-state index is 10.9. The number of urea groups is 1. The van der Waals surface area contributed by atoms with Gasteiger partial charge in [0.05, 0.1) is 13.2 Å². The molecule has 0 atom stereocenters. The lowest BCUT2D eigenvalue weighted by Gasteiger charge is -2.33. The quantitative estimate of drug-likeness (QED) is 0.565. The van der Waals surface area contributed by atoms with E-state index in [0.29, 0.717) is 25.2 Å².